The van der Waals surface area contributed by atoms with Gasteiger partial charge in [-0.2, -0.15) is 0 Å². The summed E-state index contributed by atoms with van der Waals surface area (Å²) in [6.07, 6.45) is 1.59. The van der Waals surface area contributed by atoms with Crippen LogP contribution >= 0.6 is 23.2 Å². The van der Waals surface area contributed by atoms with Gasteiger partial charge in [0.1, 0.15) is 29.2 Å². The number of carbonyl (C=O) groups excluding carboxylic acids is 1. The summed E-state index contributed by atoms with van der Waals surface area (Å²) < 4.78 is 11.1. The Kier molecular flexibility index (Phi) is 7.35. The van der Waals surface area contributed by atoms with Gasteiger partial charge in [-0.3, -0.25) is 4.79 Å². The van der Waals surface area contributed by atoms with E-state index in [9.17, 15) is 4.79 Å². The van der Waals surface area contributed by atoms with Gasteiger partial charge in [0.05, 0.1) is 0 Å². The summed E-state index contributed by atoms with van der Waals surface area (Å²) in [5.74, 6) is 1.69. The Balaban J connectivity index is 1.98. The topological polar surface area (TPSA) is 35.5 Å². The Morgan fingerprint density at radius 1 is 0.960 bits per heavy atom. The molecule has 1 atom stereocenters. The molecule has 0 saturated carbocycles. The Hall–Kier alpha value is -1.97. The van der Waals surface area contributed by atoms with Gasteiger partial charge in [-0.1, -0.05) is 54.4 Å². The minimum absolute atomic E-state index is 0.00330. The lowest BCUT2D eigenvalue weighted by molar-refractivity contribution is -0.118. The molecule has 3 nitrogen and oxygen atoms in total. The van der Waals surface area contributed by atoms with E-state index in [2.05, 4.69) is 6.92 Å². The fourth-order valence-corrected chi connectivity index (χ4v) is 2.41. The lowest BCUT2D eigenvalue weighted by Crippen LogP contribution is -2.06. The molecule has 0 aliphatic heterocycles. The van der Waals surface area contributed by atoms with Gasteiger partial charge in [0, 0.05) is 5.92 Å². The first kappa shape index (κ1) is 19.4. The van der Waals surface area contributed by atoms with Crippen LogP contribution in [0.4, 0.5) is 0 Å². The molecule has 0 radical (unpaired) electrons. The van der Waals surface area contributed by atoms with Crippen molar-refractivity contribution in [1.82, 2.24) is 0 Å². The lowest BCUT2D eigenvalue weighted by atomic mass is 9.93. The standard InChI is InChI=1S/C20H20Cl2O3/c1-14(23)13-25-19-9-5-17(6-10-19)15(2)16-3-7-18(8-4-16)24-12-11-20(21)22/h3-11,15H,12-13H2,1-2H3. The van der Waals surface area contributed by atoms with Gasteiger partial charge in [0.25, 0.3) is 0 Å². The van der Waals surface area contributed by atoms with E-state index in [-0.39, 0.29) is 22.8 Å². The largest absolute Gasteiger partial charge is 0.489 e. The zero-order valence-electron chi connectivity index (χ0n) is 14.2. The molecule has 5 heteroatoms. The number of halogens is 2. The second-order valence-electron chi connectivity index (χ2n) is 5.66. The first-order valence-corrected chi connectivity index (χ1v) is 8.67. The Labute approximate surface area is 158 Å². The minimum atomic E-state index is 0.00330. The number of Topliss-reactive ketones (excluding diaryl/α,β-unsaturated/α-hetero) is 1. The predicted molar refractivity (Wildman–Crippen MR) is 102 cm³/mol. The Bertz CT molecular complexity index is 718. The van der Waals surface area contributed by atoms with Crippen molar-refractivity contribution < 1.29 is 14.3 Å². The van der Waals surface area contributed by atoms with Gasteiger partial charge in [0.2, 0.25) is 0 Å². The van der Waals surface area contributed by atoms with Gasteiger partial charge in [-0.15, -0.1) is 0 Å². The monoisotopic (exact) mass is 378 g/mol. The third-order valence-electron chi connectivity index (χ3n) is 3.69. The van der Waals surface area contributed by atoms with Crippen molar-refractivity contribution >= 4 is 29.0 Å². The molecule has 0 saturated heterocycles. The number of hydrogen-bond donors (Lipinski definition) is 0. The van der Waals surface area contributed by atoms with Crippen LogP contribution < -0.4 is 9.47 Å². The maximum Gasteiger partial charge on any atom is 0.167 e. The van der Waals surface area contributed by atoms with E-state index in [0.717, 1.165) is 5.75 Å². The van der Waals surface area contributed by atoms with Crippen LogP contribution in [0.2, 0.25) is 0 Å². The fraction of sp³-hybridized carbons (Fsp3) is 0.250. The molecule has 0 aliphatic carbocycles. The molecule has 2 aromatic rings. The van der Waals surface area contributed by atoms with Gasteiger partial charge in [0.15, 0.2) is 5.78 Å². The van der Waals surface area contributed by atoms with Gasteiger partial charge in [-0.25, -0.2) is 0 Å². The first-order chi connectivity index (χ1) is 12.0. The van der Waals surface area contributed by atoms with Crippen molar-refractivity contribution in [2.24, 2.45) is 0 Å². The lowest BCUT2D eigenvalue weighted by Gasteiger charge is -2.14. The molecule has 1 unspecified atom stereocenters. The van der Waals surface area contributed by atoms with E-state index in [0.29, 0.717) is 12.4 Å². The van der Waals surface area contributed by atoms with E-state index in [4.69, 9.17) is 32.7 Å². The SMILES string of the molecule is CC(=O)COc1ccc(C(C)c2ccc(OCC=C(Cl)Cl)cc2)cc1. The number of carbonyl (C=O) groups is 1. The highest BCUT2D eigenvalue weighted by molar-refractivity contribution is 6.55. The number of benzene rings is 2. The predicted octanol–water partition coefficient (Wildman–Crippen LogP) is 5.50. The number of ketones is 1. The summed E-state index contributed by atoms with van der Waals surface area (Å²) in [6, 6.07) is 15.7. The summed E-state index contributed by atoms with van der Waals surface area (Å²) in [4.78, 5) is 11.0. The highest BCUT2D eigenvalue weighted by atomic mass is 35.5. The molecular weight excluding hydrogens is 359 g/mol. The quantitative estimate of drug-likeness (QED) is 0.607. The summed E-state index contributed by atoms with van der Waals surface area (Å²) in [7, 11) is 0. The number of rotatable bonds is 8. The average Bonchev–Trinajstić information content (AvgIpc) is 2.60. The molecule has 0 N–H and O–H groups in total. The smallest absolute Gasteiger partial charge is 0.167 e. The maximum atomic E-state index is 11.0. The third-order valence-corrected chi connectivity index (χ3v) is 4.00. The second kappa shape index (κ2) is 9.50. The van der Waals surface area contributed by atoms with Crippen LogP contribution in [-0.2, 0) is 4.79 Å². The van der Waals surface area contributed by atoms with Crippen LogP contribution in [0.3, 0.4) is 0 Å². The molecule has 0 aromatic heterocycles. The molecule has 2 rings (SSSR count). The average molecular weight is 379 g/mol. The summed E-state index contributed by atoms with van der Waals surface area (Å²) >= 11 is 11.1. The van der Waals surface area contributed by atoms with Gasteiger partial charge >= 0.3 is 0 Å². The van der Waals surface area contributed by atoms with E-state index in [1.807, 2.05) is 48.5 Å². The van der Waals surface area contributed by atoms with Crippen molar-refractivity contribution in [2.45, 2.75) is 19.8 Å². The minimum Gasteiger partial charge on any atom is -0.489 e. The van der Waals surface area contributed by atoms with Crippen LogP contribution in [-0.4, -0.2) is 19.0 Å². The highest BCUT2D eigenvalue weighted by Gasteiger charge is 2.09. The van der Waals surface area contributed by atoms with E-state index >= 15 is 0 Å². The fourth-order valence-electron chi connectivity index (χ4n) is 2.28. The molecule has 0 bridgehead atoms. The van der Waals surface area contributed by atoms with E-state index < -0.39 is 0 Å². The molecular formula is C20H20Cl2O3. The number of hydrogen-bond acceptors (Lipinski definition) is 3. The van der Waals surface area contributed by atoms with Crippen molar-refractivity contribution in [3.05, 3.63) is 70.2 Å². The Morgan fingerprint density at radius 3 is 1.88 bits per heavy atom. The third kappa shape index (κ3) is 6.45. The van der Waals surface area contributed by atoms with Crippen LogP contribution in [0.5, 0.6) is 11.5 Å². The zero-order valence-corrected chi connectivity index (χ0v) is 15.7. The van der Waals surface area contributed by atoms with Crippen molar-refractivity contribution in [2.75, 3.05) is 13.2 Å². The summed E-state index contributed by atoms with van der Waals surface area (Å²) in [5, 5.41) is 0. The van der Waals surface area contributed by atoms with Crippen LogP contribution in [0.1, 0.15) is 30.9 Å². The van der Waals surface area contributed by atoms with E-state index in [1.54, 1.807) is 6.08 Å². The van der Waals surface area contributed by atoms with Crippen LogP contribution in [0, 0.1) is 0 Å². The summed E-state index contributed by atoms with van der Waals surface area (Å²) in [5.41, 5.74) is 2.34. The van der Waals surface area contributed by atoms with Crippen molar-refractivity contribution in [1.29, 1.82) is 0 Å². The normalized spacial score (nSPS) is 11.5. The molecule has 25 heavy (non-hydrogen) atoms. The van der Waals surface area contributed by atoms with Crippen LogP contribution in [0.25, 0.3) is 0 Å². The van der Waals surface area contributed by atoms with Gasteiger partial charge in [-0.05, 0) is 48.4 Å². The van der Waals surface area contributed by atoms with Crippen LogP contribution in [0.15, 0.2) is 59.1 Å². The highest BCUT2D eigenvalue weighted by Crippen LogP contribution is 2.27. The molecule has 0 fully saturated rings. The summed E-state index contributed by atoms with van der Waals surface area (Å²) in [6.45, 7) is 4.07. The molecule has 2 aromatic carbocycles. The van der Waals surface area contributed by atoms with Crippen molar-refractivity contribution in [3.8, 4) is 11.5 Å². The molecule has 132 valence electrons. The number of ether oxygens (including phenoxy) is 2. The molecule has 0 aliphatic rings. The molecule has 0 spiro atoms. The molecule has 0 heterocycles. The first-order valence-electron chi connectivity index (χ1n) is 7.92. The van der Waals surface area contributed by atoms with Crippen molar-refractivity contribution in [3.63, 3.8) is 0 Å². The molecule has 0 amide bonds. The zero-order chi connectivity index (χ0) is 18.2. The second-order valence-corrected chi connectivity index (χ2v) is 6.66. The van der Waals surface area contributed by atoms with Gasteiger partial charge < -0.3 is 9.47 Å². The Morgan fingerprint density at radius 2 is 1.44 bits per heavy atom. The van der Waals surface area contributed by atoms with E-state index in [1.165, 1.54) is 18.1 Å². The maximum absolute atomic E-state index is 11.0.